The fourth-order valence-electron chi connectivity index (χ4n) is 1.93. The first kappa shape index (κ1) is 9.44. The maximum Gasteiger partial charge on any atom is 0.150 e. The van der Waals surface area contributed by atoms with Crippen molar-refractivity contribution in [2.75, 3.05) is 18.0 Å². The summed E-state index contributed by atoms with van der Waals surface area (Å²) in [5.74, 6) is 1.09. The molecule has 0 saturated carbocycles. The van der Waals surface area contributed by atoms with Crippen molar-refractivity contribution in [1.29, 1.82) is 0 Å². The lowest BCUT2D eigenvalue weighted by Gasteiger charge is -2.19. The Morgan fingerprint density at radius 1 is 0.857 bits per heavy atom. The molecule has 2 rings (SSSR count). The maximum absolute atomic E-state index is 4.62. The second kappa shape index (κ2) is 3.56. The number of hydrogen-bond donors (Lipinski definition) is 0. The fraction of sp³-hybridized carbons (Fsp3) is 0.636. The third kappa shape index (κ3) is 1.59. The Morgan fingerprint density at radius 2 is 1.43 bits per heavy atom. The molecule has 76 valence electrons. The van der Waals surface area contributed by atoms with Crippen molar-refractivity contribution in [3.05, 3.63) is 17.1 Å². The van der Waals surface area contributed by atoms with Crippen LogP contribution >= 0.6 is 0 Å². The van der Waals surface area contributed by atoms with Gasteiger partial charge in [0.15, 0.2) is 0 Å². The molecule has 1 aliphatic rings. The van der Waals surface area contributed by atoms with Gasteiger partial charge in [0.05, 0.1) is 17.1 Å². The van der Waals surface area contributed by atoms with Crippen LogP contribution in [-0.2, 0) is 0 Å². The van der Waals surface area contributed by atoms with Crippen LogP contribution in [0.5, 0.6) is 0 Å². The predicted octanol–water partition coefficient (Wildman–Crippen LogP) is 2.00. The molecule has 14 heavy (non-hydrogen) atoms. The van der Waals surface area contributed by atoms with Crippen LogP contribution in [0.25, 0.3) is 0 Å². The molecule has 0 aromatic carbocycles. The zero-order valence-electron chi connectivity index (χ0n) is 9.17. The lowest BCUT2D eigenvalue weighted by Crippen LogP contribution is -2.21. The minimum absolute atomic E-state index is 1.05. The second-order valence-electron chi connectivity index (χ2n) is 4.00. The molecule has 0 amide bonds. The molecule has 3 heteroatoms. The summed E-state index contributed by atoms with van der Waals surface area (Å²) in [7, 11) is 0. The topological polar surface area (TPSA) is 29.0 Å². The zero-order valence-corrected chi connectivity index (χ0v) is 9.17. The molecule has 1 saturated heterocycles. The fourth-order valence-corrected chi connectivity index (χ4v) is 1.93. The number of rotatable bonds is 1. The van der Waals surface area contributed by atoms with Gasteiger partial charge in [0, 0.05) is 13.1 Å². The van der Waals surface area contributed by atoms with Crippen molar-refractivity contribution in [2.45, 2.75) is 33.6 Å². The molecule has 1 aliphatic heterocycles. The SMILES string of the molecule is Cc1nc(C)c(N2CCCC2)nc1C. The third-order valence-electron chi connectivity index (χ3n) is 2.86. The highest BCUT2D eigenvalue weighted by atomic mass is 15.2. The quantitative estimate of drug-likeness (QED) is 0.680. The first-order chi connectivity index (χ1) is 6.68. The van der Waals surface area contributed by atoms with Gasteiger partial charge < -0.3 is 4.90 Å². The van der Waals surface area contributed by atoms with Gasteiger partial charge in [-0.25, -0.2) is 4.98 Å². The van der Waals surface area contributed by atoms with E-state index in [4.69, 9.17) is 0 Å². The van der Waals surface area contributed by atoms with Crippen LogP contribution < -0.4 is 4.90 Å². The molecular formula is C11H17N3. The first-order valence-electron chi connectivity index (χ1n) is 5.25. The van der Waals surface area contributed by atoms with E-state index in [9.17, 15) is 0 Å². The van der Waals surface area contributed by atoms with E-state index in [1.54, 1.807) is 0 Å². The highest BCUT2D eigenvalue weighted by molar-refractivity contribution is 5.45. The molecule has 0 spiro atoms. The van der Waals surface area contributed by atoms with Crippen molar-refractivity contribution in [1.82, 2.24) is 9.97 Å². The maximum atomic E-state index is 4.62. The molecule has 0 N–H and O–H groups in total. The van der Waals surface area contributed by atoms with Gasteiger partial charge in [-0.2, -0.15) is 0 Å². The molecule has 3 nitrogen and oxygen atoms in total. The summed E-state index contributed by atoms with van der Waals surface area (Å²) in [5, 5.41) is 0. The Morgan fingerprint density at radius 3 is 2.07 bits per heavy atom. The number of aryl methyl sites for hydroxylation is 3. The van der Waals surface area contributed by atoms with Crippen LogP contribution in [0, 0.1) is 20.8 Å². The van der Waals surface area contributed by atoms with Crippen LogP contribution in [0.4, 0.5) is 5.82 Å². The van der Waals surface area contributed by atoms with E-state index in [-0.39, 0.29) is 0 Å². The summed E-state index contributed by atoms with van der Waals surface area (Å²) in [5.41, 5.74) is 3.16. The predicted molar refractivity (Wildman–Crippen MR) is 57.7 cm³/mol. The van der Waals surface area contributed by atoms with Gasteiger partial charge in [0.2, 0.25) is 0 Å². The second-order valence-corrected chi connectivity index (χ2v) is 4.00. The number of hydrogen-bond acceptors (Lipinski definition) is 3. The Hall–Kier alpha value is -1.12. The normalized spacial score (nSPS) is 16.4. The lowest BCUT2D eigenvalue weighted by molar-refractivity contribution is 0.886. The zero-order chi connectivity index (χ0) is 10.1. The summed E-state index contributed by atoms with van der Waals surface area (Å²) in [4.78, 5) is 11.5. The third-order valence-corrected chi connectivity index (χ3v) is 2.86. The van der Waals surface area contributed by atoms with E-state index in [2.05, 4.69) is 14.9 Å². The minimum Gasteiger partial charge on any atom is -0.355 e. The Balaban J connectivity index is 2.37. The highest BCUT2D eigenvalue weighted by Crippen LogP contribution is 2.21. The summed E-state index contributed by atoms with van der Waals surface area (Å²) in [6.07, 6.45) is 2.57. The van der Waals surface area contributed by atoms with E-state index in [1.807, 2.05) is 20.8 Å². The summed E-state index contributed by atoms with van der Waals surface area (Å²) in [6, 6.07) is 0. The highest BCUT2D eigenvalue weighted by Gasteiger charge is 2.16. The van der Waals surface area contributed by atoms with Crippen LogP contribution in [-0.4, -0.2) is 23.1 Å². The lowest BCUT2D eigenvalue weighted by atomic mass is 10.3. The van der Waals surface area contributed by atoms with Gasteiger partial charge in [-0.15, -0.1) is 0 Å². The van der Waals surface area contributed by atoms with Crippen LogP contribution in [0.15, 0.2) is 0 Å². The number of nitrogens with zero attached hydrogens (tertiary/aromatic N) is 3. The molecule has 1 fully saturated rings. The standard InChI is InChI=1S/C11H17N3/c1-8-9(2)13-11(10(3)12-8)14-6-4-5-7-14/h4-7H2,1-3H3. The van der Waals surface area contributed by atoms with Crippen molar-refractivity contribution in [3.63, 3.8) is 0 Å². The van der Waals surface area contributed by atoms with Crippen molar-refractivity contribution in [3.8, 4) is 0 Å². The molecule has 0 unspecified atom stereocenters. The van der Waals surface area contributed by atoms with Crippen LogP contribution in [0.1, 0.15) is 29.9 Å². The van der Waals surface area contributed by atoms with E-state index in [1.165, 1.54) is 12.8 Å². The number of aromatic nitrogens is 2. The van der Waals surface area contributed by atoms with Crippen LogP contribution in [0.3, 0.4) is 0 Å². The monoisotopic (exact) mass is 191 g/mol. The van der Waals surface area contributed by atoms with Gasteiger partial charge in [0.1, 0.15) is 5.82 Å². The Kier molecular flexibility index (Phi) is 2.40. The minimum atomic E-state index is 1.05. The summed E-state index contributed by atoms with van der Waals surface area (Å²) < 4.78 is 0. The molecule has 0 bridgehead atoms. The molecule has 1 aromatic heterocycles. The van der Waals surface area contributed by atoms with Gasteiger partial charge in [-0.1, -0.05) is 0 Å². The largest absolute Gasteiger partial charge is 0.355 e. The molecule has 0 atom stereocenters. The van der Waals surface area contributed by atoms with Gasteiger partial charge >= 0.3 is 0 Å². The first-order valence-corrected chi connectivity index (χ1v) is 5.25. The van der Waals surface area contributed by atoms with E-state index >= 15 is 0 Å². The summed E-state index contributed by atoms with van der Waals surface area (Å²) in [6.45, 7) is 8.37. The average Bonchev–Trinajstić information content (AvgIpc) is 2.64. The Bertz CT molecular complexity index is 341. The van der Waals surface area contributed by atoms with E-state index in [0.29, 0.717) is 0 Å². The molecule has 0 aliphatic carbocycles. The average molecular weight is 191 g/mol. The van der Waals surface area contributed by atoms with Crippen molar-refractivity contribution in [2.24, 2.45) is 0 Å². The summed E-state index contributed by atoms with van der Waals surface area (Å²) >= 11 is 0. The van der Waals surface area contributed by atoms with Gasteiger partial charge in [-0.3, -0.25) is 4.98 Å². The van der Waals surface area contributed by atoms with E-state index in [0.717, 1.165) is 36.0 Å². The Labute approximate surface area is 85.2 Å². The molecule has 2 heterocycles. The molecular weight excluding hydrogens is 174 g/mol. The smallest absolute Gasteiger partial charge is 0.150 e. The molecule has 1 aromatic rings. The van der Waals surface area contributed by atoms with Gasteiger partial charge in [-0.05, 0) is 33.6 Å². The van der Waals surface area contributed by atoms with Gasteiger partial charge in [0.25, 0.3) is 0 Å². The molecule has 0 radical (unpaired) electrons. The van der Waals surface area contributed by atoms with E-state index < -0.39 is 0 Å². The van der Waals surface area contributed by atoms with Crippen molar-refractivity contribution >= 4 is 5.82 Å². The van der Waals surface area contributed by atoms with Crippen molar-refractivity contribution < 1.29 is 0 Å². The van der Waals surface area contributed by atoms with Crippen LogP contribution in [0.2, 0.25) is 0 Å². The number of anilines is 1.